The summed E-state index contributed by atoms with van der Waals surface area (Å²) in [5, 5.41) is 10.4. The van der Waals surface area contributed by atoms with Crippen molar-refractivity contribution < 1.29 is 9.84 Å². The van der Waals surface area contributed by atoms with Crippen LogP contribution in [0.4, 0.5) is 0 Å². The Morgan fingerprint density at radius 1 is 1.33 bits per heavy atom. The maximum atomic E-state index is 9.38. The van der Waals surface area contributed by atoms with Gasteiger partial charge in [-0.2, -0.15) is 0 Å². The number of rotatable bonds is 1. The molecule has 0 fully saturated rings. The molecule has 0 saturated carbocycles. The van der Waals surface area contributed by atoms with Gasteiger partial charge in [-0.1, -0.05) is 0 Å². The Hall–Kier alpha value is -1.64. The predicted molar refractivity (Wildman–Crippen MR) is 46.5 cm³/mol. The molecule has 0 saturated heterocycles. The summed E-state index contributed by atoms with van der Waals surface area (Å²) in [6.45, 7) is 0. The number of phenols is 1. The van der Waals surface area contributed by atoms with Gasteiger partial charge in [-0.25, -0.2) is 0 Å². The number of aromatic hydroxyl groups is 1. The zero-order valence-electron chi connectivity index (χ0n) is 6.66. The number of ether oxygens (including phenoxy) is 1. The van der Waals surface area contributed by atoms with Crippen LogP contribution in [0.2, 0.25) is 0 Å². The van der Waals surface area contributed by atoms with Crippen LogP contribution >= 0.6 is 0 Å². The van der Waals surface area contributed by atoms with Gasteiger partial charge in [0.2, 0.25) is 0 Å². The topological polar surface area (TPSA) is 45.2 Å². The molecule has 2 aromatic rings. The minimum atomic E-state index is 0.160. The van der Waals surface area contributed by atoms with Crippen LogP contribution in [0.1, 0.15) is 0 Å². The van der Waals surface area contributed by atoms with E-state index in [2.05, 4.69) is 4.98 Å². The SMILES string of the molecule is COc1c(O)ccc2cc[nH]c12. The summed E-state index contributed by atoms with van der Waals surface area (Å²) in [4.78, 5) is 2.99. The molecule has 3 nitrogen and oxygen atoms in total. The number of fused-ring (bicyclic) bond motifs is 1. The predicted octanol–water partition coefficient (Wildman–Crippen LogP) is 1.88. The molecule has 1 aromatic heterocycles. The fourth-order valence-corrected chi connectivity index (χ4v) is 1.30. The lowest BCUT2D eigenvalue weighted by molar-refractivity contribution is 0.377. The highest BCUT2D eigenvalue weighted by atomic mass is 16.5. The molecule has 0 radical (unpaired) electrons. The monoisotopic (exact) mass is 163 g/mol. The molecule has 0 unspecified atom stereocenters. The molecule has 2 N–H and O–H groups in total. The zero-order valence-corrected chi connectivity index (χ0v) is 6.66. The molecule has 0 aliphatic rings. The van der Waals surface area contributed by atoms with Crippen molar-refractivity contribution in [3.05, 3.63) is 24.4 Å². The molecule has 62 valence electrons. The normalized spacial score (nSPS) is 10.4. The standard InChI is InChI=1S/C9H9NO2/c1-12-9-7(11)3-2-6-4-5-10-8(6)9/h2-5,10-11H,1H3. The van der Waals surface area contributed by atoms with Crippen molar-refractivity contribution >= 4 is 10.9 Å². The van der Waals surface area contributed by atoms with Crippen molar-refractivity contribution in [3.8, 4) is 11.5 Å². The average molecular weight is 163 g/mol. The van der Waals surface area contributed by atoms with Crippen LogP contribution in [0, 0.1) is 0 Å². The lowest BCUT2D eigenvalue weighted by atomic mass is 10.2. The number of benzene rings is 1. The number of hydrogen-bond donors (Lipinski definition) is 2. The molecule has 2 rings (SSSR count). The van der Waals surface area contributed by atoms with E-state index in [0.717, 1.165) is 10.9 Å². The van der Waals surface area contributed by atoms with Gasteiger partial charge in [0, 0.05) is 11.6 Å². The van der Waals surface area contributed by atoms with Gasteiger partial charge in [0.15, 0.2) is 11.5 Å². The molecule has 0 spiro atoms. The van der Waals surface area contributed by atoms with Gasteiger partial charge in [-0.3, -0.25) is 0 Å². The lowest BCUT2D eigenvalue weighted by Gasteiger charge is -2.03. The molecule has 0 aliphatic heterocycles. The van der Waals surface area contributed by atoms with Crippen molar-refractivity contribution in [1.29, 1.82) is 0 Å². The van der Waals surface area contributed by atoms with E-state index < -0.39 is 0 Å². The van der Waals surface area contributed by atoms with Crippen LogP contribution in [0.3, 0.4) is 0 Å². The largest absolute Gasteiger partial charge is 0.504 e. The molecule has 0 amide bonds. The Kier molecular flexibility index (Phi) is 1.43. The maximum absolute atomic E-state index is 9.38. The fourth-order valence-electron chi connectivity index (χ4n) is 1.30. The first kappa shape index (κ1) is 7.03. The highest BCUT2D eigenvalue weighted by Crippen LogP contribution is 2.32. The summed E-state index contributed by atoms with van der Waals surface area (Å²) >= 11 is 0. The van der Waals surface area contributed by atoms with Gasteiger partial charge in [0.1, 0.15) is 0 Å². The average Bonchev–Trinajstić information content (AvgIpc) is 2.52. The Labute approximate surface area is 69.6 Å². The molecule has 0 aliphatic carbocycles. The molecule has 12 heavy (non-hydrogen) atoms. The van der Waals surface area contributed by atoms with Crippen LogP contribution in [-0.4, -0.2) is 17.2 Å². The fraction of sp³-hybridized carbons (Fsp3) is 0.111. The first-order valence-electron chi connectivity index (χ1n) is 3.66. The van der Waals surface area contributed by atoms with E-state index in [1.54, 1.807) is 6.07 Å². The van der Waals surface area contributed by atoms with Gasteiger partial charge < -0.3 is 14.8 Å². The van der Waals surface area contributed by atoms with Gasteiger partial charge in [0.25, 0.3) is 0 Å². The van der Waals surface area contributed by atoms with E-state index in [1.807, 2.05) is 18.3 Å². The van der Waals surface area contributed by atoms with Crippen molar-refractivity contribution in [2.45, 2.75) is 0 Å². The van der Waals surface area contributed by atoms with E-state index in [4.69, 9.17) is 4.74 Å². The number of aromatic nitrogens is 1. The van der Waals surface area contributed by atoms with Gasteiger partial charge in [-0.05, 0) is 18.2 Å². The van der Waals surface area contributed by atoms with E-state index >= 15 is 0 Å². The van der Waals surface area contributed by atoms with Crippen molar-refractivity contribution in [3.63, 3.8) is 0 Å². The molecule has 3 heteroatoms. The Balaban J connectivity index is 2.83. The van der Waals surface area contributed by atoms with Gasteiger partial charge in [0.05, 0.1) is 12.6 Å². The van der Waals surface area contributed by atoms with E-state index in [0.29, 0.717) is 5.75 Å². The Morgan fingerprint density at radius 2 is 2.17 bits per heavy atom. The van der Waals surface area contributed by atoms with Crippen molar-refractivity contribution in [1.82, 2.24) is 4.98 Å². The quantitative estimate of drug-likeness (QED) is 0.674. The molecule has 0 atom stereocenters. The third kappa shape index (κ3) is 0.830. The van der Waals surface area contributed by atoms with Crippen LogP contribution in [0.15, 0.2) is 24.4 Å². The third-order valence-electron chi connectivity index (χ3n) is 1.86. The van der Waals surface area contributed by atoms with Crippen LogP contribution in [-0.2, 0) is 0 Å². The number of aromatic amines is 1. The second-order valence-electron chi connectivity index (χ2n) is 2.56. The van der Waals surface area contributed by atoms with E-state index in [9.17, 15) is 5.11 Å². The maximum Gasteiger partial charge on any atom is 0.184 e. The van der Waals surface area contributed by atoms with Crippen LogP contribution < -0.4 is 4.74 Å². The molecular weight excluding hydrogens is 154 g/mol. The molecule has 0 bridgehead atoms. The number of methoxy groups -OCH3 is 1. The minimum Gasteiger partial charge on any atom is -0.504 e. The summed E-state index contributed by atoms with van der Waals surface area (Å²) in [5.74, 6) is 0.657. The molecular formula is C9H9NO2. The summed E-state index contributed by atoms with van der Waals surface area (Å²) in [5.41, 5.74) is 0.831. The van der Waals surface area contributed by atoms with Crippen molar-refractivity contribution in [2.75, 3.05) is 7.11 Å². The third-order valence-corrected chi connectivity index (χ3v) is 1.86. The second-order valence-corrected chi connectivity index (χ2v) is 2.56. The highest BCUT2D eigenvalue weighted by molar-refractivity contribution is 5.87. The van der Waals surface area contributed by atoms with Crippen LogP contribution in [0.5, 0.6) is 11.5 Å². The highest BCUT2D eigenvalue weighted by Gasteiger charge is 2.06. The van der Waals surface area contributed by atoms with E-state index in [-0.39, 0.29) is 5.75 Å². The van der Waals surface area contributed by atoms with Crippen LogP contribution in [0.25, 0.3) is 10.9 Å². The van der Waals surface area contributed by atoms with Crippen molar-refractivity contribution in [2.24, 2.45) is 0 Å². The summed E-state index contributed by atoms with van der Waals surface area (Å²) in [6, 6.07) is 5.38. The second kappa shape index (κ2) is 2.44. The number of H-pyrrole nitrogens is 1. The number of hydrogen-bond acceptors (Lipinski definition) is 2. The summed E-state index contributed by atoms with van der Waals surface area (Å²) in [6.07, 6.45) is 1.81. The number of nitrogens with one attached hydrogen (secondary N) is 1. The smallest absolute Gasteiger partial charge is 0.184 e. The lowest BCUT2D eigenvalue weighted by Crippen LogP contribution is -1.84. The number of phenolic OH excluding ortho intramolecular Hbond substituents is 1. The Morgan fingerprint density at radius 3 is 2.92 bits per heavy atom. The minimum absolute atomic E-state index is 0.160. The molecule has 1 aromatic carbocycles. The Bertz CT molecular complexity index is 406. The van der Waals surface area contributed by atoms with Gasteiger partial charge in [-0.15, -0.1) is 0 Å². The summed E-state index contributed by atoms with van der Waals surface area (Å²) in [7, 11) is 1.54. The molecule has 1 heterocycles. The first-order chi connectivity index (χ1) is 5.83. The summed E-state index contributed by atoms with van der Waals surface area (Å²) < 4.78 is 5.04. The van der Waals surface area contributed by atoms with Gasteiger partial charge >= 0.3 is 0 Å². The zero-order chi connectivity index (χ0) is 8.55. The first-order valence-corrected chi connectivity index (χ1v) is 3.66. The van der Waals surface area contributed by atoms with E-state index in [1.165, 1.54) is 7.11 Å².